The number of anilines is 2. The Balaban J connectivity index is 1.87. The molecular weight excluding hydrogens is 292 g/mol. The van der Waals surface area contributed by atoms with Crippen molar-refractivity contribution in [3.05, 3.63) is 11.3 Å². The van der Waals surface area contributed by atoms with Crippen molar-refractivity contribution >= 4 is 29.5 Å². The van der Waals surface area contributed by atoms with Crippen molar-refractivity contribution in [1.29, 1.82) is 0 Å². The molecule has 6 nitrogen and oxygen atoms in total. The second-order valence-corrected chi connectivity index (χ2v) is 5.68. The highest BCUT2D eigenvalue weighted by Gasteiger charge is 2.25. The molecule has 1 aromatic heterocycles. The molecule has 2 aliphatic rings. The van der Waals surface area contributed by atoms with E-state index in [4.69, 9.17) is 16.3 Å². The van der Waals surface area contributed by atoms with Crippen LogP contribution in [0.1, 0.15) is 19.3 Å². The lowest BCUT2D eigenvalue weighted by Gasteiger charge is -2.34. The summed E-state index contributed by atoms with van der Waals surface area (Å²) in [6.07, 6.45) is 4.02. The molecule has 3 heterocycles. The zero-order valence-electron chi connectivity index (χ0n) is 11.9. The normalized spacial score (nSPS) is 23.2. The lowest BCUT2D eigenvalue weighted by molar-refractivity contribution is -0.109. The van der Waals surface area contributed by atoms with Crippen LogP contribution in [0.4, 0.5) is 11.6 Å². The van der Waals surface area contributed by atoms with Gasteiger partial charge in [-0.2, -0.15) is 0 Å². The van der Waals surface area contributed by atoms with Gasteiger partial charge < -0.3 is 19.3 Å². The number of nitrogens with zero attached hydrogens (tertiary/aromatic N) is 4. The van der Waals surface area contributed by atoms with Crippen molar-refractivity contribution < 1.29 is 9.53 Å². The molecule has 1 aromatic rings. The number of morpholine rings is 1. The number of rotatable bonds is 3. The summed E-state index contributed by atoms with van der Waals surface area (Å²) in [7, 11) is 0. The molecule has 2 fully saturated rings. The minimum Gasteiger partial charge on any atom is -0.378 e. The summed E-state index contributed by atoms with van der Waals surface area (Å²) >= 11 is 6.08. The summed E-state index contributed by atoms with van der Waals surface area (Å²) in [6, 6.07) is 1.82. The van der Waals surface area contributed by atoms with E-state index in [0.29, 0.717) is 13.2 Å². The quantitative estimate of drug-likeness (QED) is 0.623. The topological polar surface area (TPSA) is 58.6 Å². The number of hydrogen-bond acceptors (Lipinski definition) is 6. The van der Waals surface area contributed by atoms with E-state index in [-0.39, 0.29) is 11.3 Å². The van der Waals surface area contributed by atoms with Crippen LogP contribution in [0, 0.1) is 0 Å². The molecule has 1 atom stereocenters. The molecule has 0 bridgehead atoms. The Morgan fingerprint density at radius 3 is 2.71 bits per heavy atom. The van der Waals surface area contributed by atoms with Gasteiger partial charge in [-0.05, 0) is 30.9 Å². The molecule has 0 saturated carbocycles. The Labute approximate surface area is 129 Å². The molecule has 0 radical (unpaired) electrons. The molecule has 0 aliphatic carbocycles. The molecule has 0 N–H and O–H groups in total. The first-order chi connectivity index (χ1) is 10.3. The van der Waals surface area contributed by atoms with Crippen molar-refractivity contribution in [2.24, 2.45) is 0 Å². The largest absolute Gasteiger partial charge is 0.378 e. The van der Waals surface area contributed by atoms with E-state index in [2.05, 4.69) is 14.9 Å². The van der Waals surface area contributed by atoms with Crippen LogP contribution in [-0.2, 0) is 9.53 Å². The molecule has 114 valence electrons. The number of ether oxygens (including phenoxy) is 1. The first-order valence-electron chi connectivity index (χ1n) is 7.37. The standard InChI is InChI=1S/C14H19ClN4O2/c15-14-16-12(18-5-7-21-8-6-18)9-13(17-14)19-4-2-1-3-11(19)10-20/h9-11H,1-8H2. The fourth-order valence-corrected chi connectivity index (χ4v) is 3.05. The van der Waals surface area contributed by atoms with Gasteiger partial charge in [0.25, 0.3) is 0 Å². The molecule has 21 heavy (non-hydrogen) atoms. The first kappa shape index (κ1) is 14.5. The lowest BCUT2D eigenvalue weighted by Crippen LogP contribution is -2.41. The zero-order chi connectivity index (χ0) is 14.7. The minimum atomic E-state index is -0.109. The van der Waals surface area contributed by atoms with E-state index in [9.17, 15) is 4.79 Å². The molecule has 0 spiro atoms. The summed E-state index contributed by atoms with van der Waals surface area (Å²) in [4.78, 5) is 24.1. The lowest BCUT2D eigenvalue weighted by atomic mass is 10.0. The number of carbonyl (C=O) groups excluding carboxylic acids is 1. The van der Waals surface area contributed by atoms with Crippen LogP contribution in [-0.4, -0.2) is 55.1 Å². The van der Waals surface area contributed by atoms with E-state index >= 15 is 0 Å². The number of hydrogen-bond donors (Lipinski definition) is 0. The van der Waals surface area contributed by atoms with Crippen LogP contribution < -0.4 is 9.80 Å². The van der Waals surface area contributed by atoms with E-state index < -0.39 is 0 Å². The predicted molar refractivity (Wildman–Crippen MR) is 81.1 cm³/mol. The minimum absolute atomic E-state index is 0.109. The van der Waals surface area contributed by atoms with Gasteiger partial charge >= 0.3 is 0 Å². The van der Waals surface area contributed by atoms with Gasteiger partial charge in [0.15, 0.2) is 0 Å². The molecule has 2 aliphatic heterocycles. The van der Waals surface area contributed by atoms with Gasteiger partial charge in [0, 0.05) is 25.7 Å². The average Bonchev–Trinajstić information content (AvgIpc) is 2.55. The monoisotopic (exact) mass is 310 g/mol. The van der Waals surface area contributed by atoms with Crippen LogP contribution in [0.5, 0.6) is 0 Å². The third-order valence-electron chi connectivity index (χ3n) is 4.01. The third-order valence-corrected chi connectivity index (χ3v) is 4.18. The van der Waals surface area contributed by atoms with Gasteiger partial charge in [-0.15, -0.1) is 0 Å². The molecule has 7 heteroatoms. The van der Waals surface area contributed by atoms with Gasteiger partial charge in [-0.25, -0.2) is 9.97 Å². The van der Waals surface area contributed by atoms with Crippen LogP contribution in [0.3, 0.4) is 0 Å². The smallest absolute Gasteiger partial charge is 0.226 e. The van der Waals surface area contributed by atoms with Crippen LogP contribution in [0.2, 0.25) is 5.28 Å². The van der Waals surface area contributed by atoms with Gasteiger partial charge in [0.2, 0.25) is 5.28 Å². The third kappa shape index (κ3) is 3.27. The van der Waals surface area contributed by atoms with Crippen molar-refractivity contribution in [3.63, 3.8) is 0 Å². The Morgan fingerprint density at radius 2 is 1.95 bits per heavy atom. The van der Waals surface area contributed by atoms with Crippen molar-refractivity contribution in [1.82, 2.24) is 9.97 Å². The van der Waals surface area contributed by atoms with Crippen molar-refractivity contribution in [2.75, 3.05) is 42.6 Å². The van der Waals surface area contributed by atoms with E-state index in [1.165, 1.54) is 0 Å². The second-order valence-electron chi connectivity index (χ2n) is 5.35. The zero-order valence-corrected chi connectivity index (χ0v) is 12.6. The SMILES string of the molecule is O=CC1CCCCN1c1cc(N2CCOCC2)nc(Cl)n1. The maximum atomic E-state index is 11.3. The van der Waals surface area contributed by atoms with E-state index in [1.54, 1.807) is 0 Å². The summed E-state index contributed by atoms with van der Waals surface area (Å²) in [6.45, 7) is 3.81. The molecule has 0 amide bonds. The maximum absolute atomic E-state index is 11.3. The molecule has 2 saturated heterocycles. The summed E-state index contributed by atoms with van der Waals surface area (Å²) in [5.41, 5.74) is 0. The predicted octanol–water partition coefficient (Wildman–Crippen LogP) is 1.52. The fraction of sp³-hybridized carbons (Fsp3) is 0.643. The molecule has 1 unspecified atom stereocenters. The second kappa shape index (κ2) is 6.58. The van der Waals surface area contributed by atoms with Gasteiger partial charge in [0.1, 0.15) is 17.9 Å². The fourth-order valence-electron chi connectivity index (χ4n) is 2.88. The Bertz CT molecular complexity index is 508. The number of halogens is 1. The first-order valence-corrected chi connectivity index (χ1v) is 7.75. The van der Waals surface area contributed by atoms with Crippen molar-refractivity contribution in [3.8, 4) is 0 Å². The summed E-state index contributed by atoms with van der Waals surface area (Å²) in [5, 5.41) is 0.226. The Morgan fingerprint density at radius 1 is 1.19 bits per heavy atom. The average molecular weight is 311 g/mol. The highest BCUT2D eigenvalue weighted by molar-refractivity contribution is 6.28. The number of carbonyl (C=O) groups is 1. The maximum Gasteiger partial charge on any atom is 0.226 e. The summed E-state index contributed by atoms with van der Waals surface area (Å²) < 4.78 is 5.36. The van der Waals surface area contributed by atoms with Gasteiger partial charge in [-0.3, -0.25) is 0 Å². The number of aromatic nitrogens is 2. The molecule has 0 aromatic carbocycles. The van der Waals surface area contributed by atoms with Crippen LogP contribution in [0.15, 0.2) is 6.07 Å². The van der Waals surface area contributed by atoms with Gasteiger partial charge in [-0.1, -0.05) is 0 Å². The summed E-state index contributed by atoms with van der Waals surface area (Å²) in [5.74, 6) is 1.55. The van der Waals surface area contributed by atoms with Crippen LogP contribution in [0.25, 0.3) is 0 Å². The Kier molecular flexibility index (Phi) is 4.55. The van der Waals surface area contributed by atoms with E-state index in [1.807, 2.05) is 11.0 Å². The highest BCUT2D eigenvalue weighted by atomic mass is 35.5. The Hall–Kier alpha value is -1.40. The number of piperidine rings is 1. The molecular formula is C14H19ClN4O2. The number of aldehydes is 1. The molecule has 3 rings (SSSR count). The van der Waals surface area contributed by atoms with Crippen molar-refractivity contribution in [2.45, 2.75) is 25.3 Å². The van der Waals surface area contributed by atoms with E-state index in [0.717, 1.165) is 56.8 Å². The van der Waals surface area contributed by atoms with Gasteiger partial charge in [0.05, 0.1) is 19.3 Å². The van der Waals surface area contributed by atoms with Crippen LogP contribution >= 0.6 is 11.6 Å². The highest BCUT2D eigenvalue weighted by Crippen LogP contribution is 2.26.